The van der Waals surface area contributed by atoms with Gasteiger partial charge >= 0.3 is 0 Å². The van der Waals surface area contributed by atoms with Crippen molar-refractivity contribution in [1.82, 2.24) is 19.7 Å². The molecule has 2 unspecified atom stereocenters. The fraction of sp³-hybridized carbons (Fsp3) is 0.444. The Morgan fingerprint density at radius 1 is 1.11 bits per heavy atom. The highest BCUT2D eigenvalue weighted by atomic mass is 35.5. The summed E-state index contributed by atoms with van der Waals surface area (Å²) < 4.78 is 25.6. The quantitative estimate of drug-likeness (QED) is 0.468. The summed E-state index contributed by atoms with van der Waals surface area (Å²) in [6.45, 7) is 6.29. The number of nitrogens with zero attached hydrogens (tertiary/aromatic N) is 4. The second-order valence-corrected chi connectivity index (χ2v) is 9.83. The van der Waals surface area contributed by atoms with Gasteiger partial charge in [-0.2, -0.15) is 0 Å². The molecule has 0 spiro atoms. The topological polar surface area (TPSA) is 87.9 Å². The van der Waals surface area contributed by atoms with Crippen LogP contribution in [0.1, 0.15) is 61.2 Å². The van der Waals surface area contributed by atoms with Gasteiger partial charge in [-0.25, -0.2) is 0 Å². The Morgan fingerprint density at radius 2 is 1.89 bits per heavy atom. The van der Waals surface area contributed by atoms with Crippen molar-refractivity contribution in [1.29, 1.82) is 0 Å². The van der Waals surface area contributed by atoms with Crippen LogP contribution in [0.4, 0.5) is 0 Å². The average Bonchev–Trinajstić information content (AvgIpc) is 3.31. The van der Waals surface area contributed by atoms with Gasteiger partial charge in [-0.3, -0.25) is 9.36 Å². The molecule has 10 heteroatoms. The van der Waals surface area contributed by atoms with E-state index in [1.165, 1.54) is 0 Å². The molecule has 0 radical (unpaired) electrons. The van der Waals surface area contributed by atoms with Crippen LogP contribution in [0.3, 0.4) is 0 Å². The minimum Gasteiger partial charge on any atom is -0.493 e. The smallest absolute Gasteiger partial charge is 0.225 e. The third-order valence-corrected chi connectivity index (χ3v) is 7.01. The summed E-state index contributed by atoms with van der Waals surface area (Å²) in [7, 11) is 3.20. The molecule has 1 amide bonds. The van der Waals surface area contributed by atoms with E-state index in [4.69, 9.17) is 30.5 Å². The van der Waals surface area contributed by atoms with Crippen molar-refractivity contribution in [2.24, 2.45) is 0 Å². The first-order valence-corrected chi connectivity index (χ1v) is 12.8. The molecular formula is C27H31ClN4O5. The Balaban J connectivity index is 1.68. The molecule has 0 N–H and O–H groups in total. The second kappa shape index (κ2) is 10.7. The molecule has 1 fully saturated rings. The standard InChI is InChI=1S/C27H31ClN4O5/c1-16(2)26-29-30-27-22(15-23(33)31-10-12-36-13-11-31)37-24(18-6-5-7-21(34-3)25(18)35-4)19-14-17(28)8-9-20(19)32(26)27/h5-9,14,16,22,24H,10-13,15H2,1-4H3. The van der Waals surface area contributed by atoms with Crippen molar-refractivity contribution < 1.29 is 23.7 Å². The first-order valence-electron chi connectivity index (χ1n) is 12.4. The fourth-order valence-electron chi connectivity index (χ4n) is 4.97. The van der Waals surface area contributed by atoms with E-state index in [9.17, 15) is 4.79 Å². The first-order chi connectivity index (χ1) is 17.9. The van der Waals surface area contributed by atoms with Crippen LogP contribution in [0, 0.1) is 0 Å². The Morgan fingerprint density at radius 3 is 2.59 bits per heavy atom. The maximum absolute atomic E-state index is 13.4. The van der Waals surface area contributed by atoms with E-state index in [1.807, 2.05) is 45.9 Å². The van der Waals surface area contributed by atoms with Crippen LogP contribution in [0.15, 0.2) is 36.4 Å². The Kier molecular flexibility index (Phi) is 7.37. The third-order valence-electron chi connectivity index (χ3n) is 6.77. The lowest BCUT2D eigenvalue weighted by Crippen LogP contribution is -2.41. The molecule has 2 atom stereocenters. The summed E-state index contributed by atoms with van der Waals surface area (Å²) in [5.41, 5.74) is 2.44. The van der Waals surface area contributed by atoms with Gasteiger partial charge in [-0.05, 0) is 24.3 Å². The fourth-order valence-corrected chi connectivity index (χ4v) is 5.16. The minimum absolute atomic E-state index is 0.0192. The maximum atomic E-state index is 13.4. The van der Waals surface area contributed by atoms with E-state index in [0.29, 0.717) is 48.6 Å². The summed E-state index contributed by atoms with van der Waals surface area (Å²) in [6, 6.07) is 11.3. The van der Waals surface area contributed by atoms with Crippen molar-refractivity contribution in [3.05, 3.63) is 64.2 Å². The number of carbonyl (C=O) groups is 1. The molecule has 37 heavy (non-hydrogen) atoms. The SMILES string of the molecule is COc1cccc(C2OC(CC(=O)N3CCOCC3)c3nnc(C(C)C)n3-c3ccc(Cl)cc32)c1OC. The highest BCUT2D eigenvalue weighted by Gasteiger charge is 2.37. The zero-order chi connectivity index (χ0) is 26.1. The molecule has 2 aliphatic heterocycles. The van der Waals surface area contributed by atoms with Gasteiger partial charge < -0.3 is 23.8 Å². The number of hydrogen-bond donors (Lipinski definition) is 0. The van der Waals surface area contributed by atoms with Gasteiger partial charge in [-0.15, -0.1) is 10.2 Å². The van der Waals surface area contributed by atoms with Crippen molar-refractivity contribution in [2.75, 3.05) is 40.5 Å². The van der Waals surface area contributed by atoms with Crippen LogP contribution >= 0.6 is 11.6 Å². The van der Waals surface area contributed by atoms with E-state index >= 15 is 0 Å². The van der Waals surface area contributed by atoms with E-state index in [0.717, 1.165) is 22.6 Å². The zero-order valence-electron chi connectivity index (χ0n) is 21.4. The molecule has 3 aromatic rings. The maximum Gasteiger partial charge on any atom is 0.225 e. The zero-order valence-corrected chi connectivity index (χ0v) is 22.2. The van der Waals surface area contributed by atoms with Gasteiger partial charge in [0.25, 0.3) is 0 Å². The lowest BCUT2D eigenvalue weighted by Gasteiger charge is -2.29. The largest absolute Gasteiger partial charge is 0.493 e. The van der Waals surface area contributed by atoms with Gasteiger partial charge in [0.1, 0.15) is 18.0 Å². The second-order valence-electron chi connectivity index (χ2n) is 9.39. The summed E-state index contributed by atoms with van der Waals surface area (Å²) in [4.78, 5) is 15.2. The highest BCUT2D eigenvalue weighted by molar-refractivity contribution is 6.30. The summed E-state index contributed by atoms with van der Waals surface area (Å²) in [6.07, 6.45) is -1.16. The van der Waals surface area contributed by atoms with Gasteiger partial charge in [-0.1, -0.05) is 37.6 Å². The van der Waals surface area contributed by atoms with E-state index in [2.05, 4.69) is 24.0 Å². The number of carbonyl (C=O) groups excluding carboxylic acids is 1. The molecule has 9 nitrogen and oxygen atoms in total. The Hall–Kier alpha value is -3.14. The molecule has 196 valence electrons. The number of fused-ring (bicyclic) bond motifs is 3. The number of methoxy groups -OCH3 is 2. The average molecular weight is 527 g/mol. The van der Waals surface area contributed by atoms with Crippen LogP contribution < -0.4 is 9.47 Å². The van der Waals surface area contributed by atoms with Crippen molar-refractivity contribution in [3.8, 4) is 17.2 Å². The summed E-state index contributed by atoms with van der Waals surface area (Å²) in [5.74, 6) is 2.57. The molecule has 5 rings (SSSR count). The lowest BCUT2D eigenvalue weighted by molar-refractivity contribution is -0.139. The van der Waals surface area contributed by atoms with Gasteiger partial charge in [0.05, 0.1) is 39.5 Å². The molecule has 2 aliphatic rings. The molecule has 0 bridgehead atoms. The van der Waals surface area contributed by atoms with Crippen LogP contribution in [0.5, 0.6) is 11.5 Å². The van der Waals surface area contributed by atoms with Gasteiger partial charge in [0.15, 0.2) is 17.3 Å². The van der Waals surface area contributed by atoms with Gasteiger partial charge in [0, 0.05) is 35.2 Å². The lowest BCUT2D eigenvalue weighted by atomic mass is 9.98. The van der Waals surface area contributed by atoms with Gasteiger partial charge in [0.2, 0.25) is 5.91 Å². The Bertz CT molecular complexity index is 1290. The van der Waals surface area contributed by atoms with Crippen LogP contribution in [0.2, 0.25) is 5.02 Å². The number of amides is 1. The third kappa shape index (κ3) is 4.79. The molecule has 0 aliphatic carbocycles. The van der Waals surface area contributed by atoms with Crippen LogP contribution in [-0.4, -0.2) is 66.1 Å². The van der Waals surface area contributed by atoms with Crippen molar-refractivity contribution in [3.63, 3.8) is 0 Å². The molecule has 3 heterocycles. The number of ether oxygens (including phenoxy) is 4. The van der Waals surface area contributed by atoms with E-state index in [-0.39, 0.29) is 18.2 Å². The molecular weight excluding hydrogens is 496 g/mol. The first kappa shape index (κ1) is 25.5. The number of benzene rings is 2. The van der Waals surface area contributed by atoms with Crippen LogP contribution in [0.25, 0.3) is 5.69 Å². The predicted octanol–water partition coefficient (Wildman–Crippen LogP) is 4.47. The van der Waals surface area contributed by atoms with E-state index < -0.39 is 12.2 Å². The highest BCUT2D eigenvalue weighted by Crippen LogP contribution is 2.46. The number of aromatic nitrogens is 3. The number of morpholine rings is 1. The monoisotopic (exact) mass is 526 g/mol. The molecule has 1 aromatic heterocycles. The molecule has 0 saturated carbocycles. The number of halogens is 1. The normalized spacial score (nSPS) is 19.2. The number of para-hydroxylation sites is 1. The summed E-state index contributed by atoms with van der Waals surface area (Å²) >= 11 is 6.52. The number of hydrogen-bond acceptors (Lipinski definition) is 7. The van der Waals surface area contributed by atoms with Crippen LogP contribution in [-0.2, 0) is 14.3 Å². The summed E-state index contributed by atoms with van der Waals surface area (Å²) in [5, 5.41) is 9.61. The Labute approximate surface area is 221 Å². The van der Waals surface area contributed by atoms with E-state index in [1.54, 1.807) is 14.2 Å². The predicted molar refractivity (Wildman–Crippen MR) is 138 cm³/mol. The molecule has 1 saturated heterocycles. The van der Waals surface area contributed by atoms with Crippen molar-refractivity contribution >= 4 is 17.5 Å². The van der Waals surface area contributed by atoms with Crippen molar-refractivity contribution in [2.45, 2.75) is 38.4 Å². The number of rotatable bonds is 6. The molecule has 2 aromatic carbocycles. The minimum atomic E-state index is -0.664.